The third-order valence-electron chi connectivity index (χ3n) is 3.22. The molecule has 4 heteroatoms. The summed E-state index contributed by atoms with van der Waals surface area (Å²) < 4.78 is 0. The Morgan fingerprint density at radius 3 is 2.19 bits per heavy atom. The van der Waals surface area contributed by atoms with Crippen molar-refractivity contribution in [3.05, 3.63) is 0 Å². The van der Waals surface area contributed by atoms with E-state index >= 15 is 0 Å². The van der Waals surface area contributed by atoms with Crippen molar-refractivity contribution >= 4 is 0 Å². The molecule has 0 amide bonds. The summed E-state index contributed by atoms with van der Waals surface area (Å²) >= 11 is 0. The van der Waals surface area contributed by atoms with E-state index in [9.17, 15) is 0 Å². The summed E-state index contributed by atoms with van der Waals surface area (Å²) in [6.07, 6.45) is 2.54. The Morgan fingerprint density at radius 2 is 1.75 bits per heavy atom. The van der Waals surface area contributed by atoms with Gasteiger partial charge in [-0.3, -0.25) is 0 Å². The van der Waals surface area contributed by atoms with E-state index < -0.39 is 5.41 Å². The van der Waals surface area contributed by atoms with Crippen LogP contribution in [0.5, 0.6) is 0 Å². The topological polar surface area (TPSA) is 54.1 Å². The first kappa shape index (κ1) is 13.0. The lowest BCUT2D eigenvalue weighted by Crippen LogP contribution is -2.39. The van der Waals surface area contributed by atoms with Gasteiger partial charge in [0.2, 0.25) is 0 Å². The van der Waals surface area contributed by atoms with Gasteiger partial charge < -0.3 is 9.80 Å². The maximum Gasteiger partial charge on any atom is 0.146 e. The Morgan fingerprint density at radius 1 is 1.19 bits per heavy atom. The fourth-order valence-corrected chi connectivity index (χ4v) is 2.02. The minimum Gasteiger partial charge on any atom is -0.309 e. The minimum absolute atomic E-state index is 0.696. The normalized spacial score (nSPS) is 20.3. The lowest BCUT2D eigenvalue weighted by atomic mass is 9.81. The van der Waals surface area contributed by atoms with Crippen molar-refractivity contribution in [2.24, 2.45) is 5.41 Å². The second kappa shape index (κ2) is 5.84. The summed E-state index contributed by atoms with van der Waals surface area (Å²) in [6, 6.07) is 4.33. The van der Waals surface area contributed by atoms with Crippen LogP contribution >= 0.6 is 0 Å². The van der Waals surface area contributed by atoms with Crippen LogP contribution in [0.2, 0.25) is 0 Å². The standard InChI is InChI=1S/C12H20N4/c1-15(2)6-3-7-16-8-4-12(10-13,11-14)5-9-16/h3-9H2,1-2H3. The summed E-state index contributed by atoms with van der Waals surface area (Å²) in [5, 5.41) is 18.0. The first-order valence-corrected chi connectivity index (χ1v) is 5.81. The molecule has 0 radical (unpaired) electrons. The smallest absolute Gasteiger partial charge is 0.146 e. The van der Waals surface area contributed by atoms with Gasteiger partial charge in [0.1, 0.15) is 5.41 Å². The van der Waals surface area contributed by atoms with Gasteiger partial charge in [-0.1, -0.05) is 0 Å². The monoisotopic (exact) mass is 220 g/mol. The summed E-state index contributed by atoms with van der Waals surface area (Å²) in [5.74, 6) is 0. The number of rotatable bonds is 4. The van der Waals surface area contributed by atoms with E-state index in [0.29, 0.717) is 12.8 Å². The molecule has 88 valence electrons. The van der Waals surface area contributed by atoms with E-state index in [1.807, 2.05) is 0 Å². The molecule has 0 bridgehead atoms. The third kappa shape index (κ3) is 3.48. The second-order valence-corrected chi connectivity index (χ2v) is 4.80. The SMILES string of the molecule is CN(C)CCCN1CCC(C#N)(C#N)CC1. The highest BCUT2D eigenvalue weighted by atomic mass is 15.1. The van der Waals surface area contributed by atoms with Crippen LogP contribution in [-0.2, 0) is 0 Å². The van der Waals surface area contributed by atoms with Gasteiger partial charge in [0, 0.05) is 13.1 Å². The van der Waals surface area contributed by atoms with Crippen LogP contribution in [0.3, 0.4) is 0 Å². The molecule has 0 N–H and O–H groups in total. The Labute approximate surface area is 98.1 Å². The minimum atomic E-state index is -0.710. The molecule has 0 unspecified atom stereocenters. The van der Waals surface area contributed by atoms with Crippen LogP contribution in [0, 0.1) is 28.1 Å². The molecule has 16 heavy (non-hydrogen) atoms. The summed E-state index contributed by atoms with van der Waals surface area (Å²) in [7, 11) is 4.15. The van der Waals surface area contributed by atoms with E-state index in [2.05, 4.69) is 36.0 Å². The van der Waals surface area contributed by atoms with Crippen LogP contribution in [0.4, 0.5) is 0 Å². The van der Waals surface area contributed by atoms with E-state index in [-0.39, 0.29) is 0 Å². The largest absolute Gasteiger partial charge is 0.309 e. The van der Waals surface area contributed by atoms with Gasteiger partial charge in [-0.25, -0.2) is 0 Å². The van der Waals surface area contributed by atoms with E-state index in [0.717, 1.165) is 32.6 Å². The van der Waals surface area contributed by atoms with Crippen molar-refractivity contribution in [3.8, 4) is 12.1 Å². The molecular weight excluding hydrogens is 200 g/mol. The lowest BCUT2D eigenvalue weighted by molar-refractivity contribution is 0.170. The number of piperidine rings is 1. The van der Waals surface area contributed by atoms with Gasteiger partial charge in [-0.2, -0.15) is 10.5 Å². The molecule has 0 aliphatic carbocycles. The first-order valence-electron chi connectivity index (χ1n) is 5.81. The molecular formula is C12H20N4. The molecule has 1 rings (SSSR count). The Hall–Kier alpha value is -1.10. The van der Waals surface area contributed by atoms with Crippen LogP contribution in [0.1, 0.15) is 19.3 Å². The fraction of sp³-hybridized carbons (Fsp3) is 0.833. The molecule has 1 heterocycles. The molecule has 0 aromatic carbocycles. The molecule has 0 aromatic rings. The molecule has 0 atom stereocenters. The zero-order chi connectivity index (χ0) is 12.0. The maximum atomic E-state index is 8.98. The van der Waals surface area contributed by atoms with Crippen molar-refractivity contribution in [1.29, 1.82) is 10.5 Å². The highest BCUT2D eigenvalue weighted by molar-refractivity contribution is 5.15. The molecule has 1 saturated heterocycles. The predicted molar refractivity (Wildman–Crippen MR) is 62.5 cm³/mol. The van der Waals surface area contributed by atoms with E-state index in [1.165, 1.54) is 0 Å². The quantitative estimate of drug-likeness (QED) is 0.711. The molecule has 0 spiro atoms. The second-order valence-electron chi connectivity index (χ2n) is 4.80. The number of likely N-dealkylation sites (tertiary alicyclic amines) is 1. The van der Waals surface area contributed by atoms with E-state index in [4.69, 9.17) is 10.5 Å². The predicted octanol–water partition coefficient (Wildman–Crippen LogP) is 1.07. The highest BCUT2D eigenvalue weighted by Crippen LogP contribution is 2.29. The van der Waals surface area contributed by atoms with Crippen molar-refractivity contribution in [2.75, 3.05) is 40.3 Å². The van der Waals surface area contributed by atoms with Gasteiger partial charge in [0.25, 0.3) is 0 Å². The first-order chi connectivity index (χ1) is 7.62. The number of hydrogen-bond acceptors (Lipinski definition) is 4. The van der Waals surface area contributed by atoms with Crippen molar-refractivity contribution < 1.29 is 0 Å². The van der Waals surface area contributed by atoms with Gasteiger partial charge in [0.05, 0.1) is 12.1 Å². The van der Waals surface area contributed by atoms with Crippen molar-refractivity contribution in [3.63, 3.8) is 0 Å². The summed E-state index contributed by atoms with van der Waals surface area (Å²) in [5.41, 5.74) is -0.710. The molecule has 1 aliphatic rings. The Balaban J connectivity index is 2.28. The zero-order valence-corrected chi connectivity index (χ0v) is 10.2. The molecule has 0 aromatic heterocycles. The summed E-state index contributed by atoms with van der Waals surface area (Å²) in [4.78, 5) is 4.54. The van der Waals surface area contributed by atoms with E-state index in [1.54, 1.807) is 0 Å². The molecule has 4 nitrogen and oxygen atoms in total. The van der Waals surface area contributed by atoms with Crippen LogP contribution in [0.15, 0.2) is 0 Å². The van der Waals surface area contributed by atoms with Gasteiger partial charge in [-0.15, -0.1) is 0 Å². The Kier molecular flexibility index (Phi) is 4.73. The summed E-state index contributed by atoms with van der Waals surface area (Å²) in [6.45, 7) is 3.94. The molecule has 1 aliphatic heterocycles. The van der Waals surface area contributed by atoms with Crippen LogP contribution < -0.4 is 0 Å². The van der Waals surface area contributed by atoms with Gasteiger partial charge in [-0.05, 0) is 46.4 Å². The fourth-order valence-electron chi connectivity index (χ4n) is 2.02. The number of hydrogen-bond donors (Lipinski definition) is 0. The Bertz CT molecular complexity index is 273. The zero-order valence-electron chi connectivity index (χ0n) is 10.2. The highest BCUT2D eigenvalue weighted by Gasteiger charge is 2.34. The average molecular weight is 220 g/mol. The van der Waals surface area contributed by atoms with Crippen molar-refractivity contribution in [1.82, 2.24) is 9.80 Å². The lowest BCUT2D eigenvalue weighted by Gasteiger charge is -2.33. The van der Waals surface area contributed by atoms with Gasteiger partial charge >= 0.3 is 0 Å². The third-order valence-corrected chi connectivity index (χ3v) is 3.22. The van der Waals surface area contributed by atoms with Crippen LogP contribution in [0.25, 0.3) is 0 Å². The van der Waals surface area contributed by atoms with Gasteiger partial charge in [0.15, 0.2) is 0 Å². The maximum absolute atomic E-state index is 8.98. The number of nitrogens with zero attached hydrogens (tertiary/aromatic N) is 4. The molecule has 1 fully saturated rings. The average Bonchev–Trinajstić information content (AvgIpc) is 2.30. The van der Waals surface area contributed by atoms with Crippen LogP contribution in [-0.4, -0.2) is 50.1 Å². The number of nitriles is 2. The van der Waals surface area contributed by atoms with Crippen molar-refractivity contribution in [2.45, 2.75) is 19.3 Å². The molecule has 0 saturated carbocycles.